The van der Waals surface area contributed by atoms with E-state index in [1.165, 1.54) is 0 Å². The number of amides is 3. The van der Waals surface area contributed by atoms with Crippen molar-refractivity contribution >= 4 is 58.0 Å². The Morgan fingerprint density at radius 3 is 2.33 bits per heavy atom. The molecule has 3 aromatic rings. The van der Waals surface area contributed by atoms with Crippen LogP contribution in [0.15, 0.2) is 77.5 Å². The number of aryl methyl sites for hydroxylation is 2. The number of carbonyl (C=O) groups is 3. The molecule has 0 aliphatic carbocycles. The van der Waals surface area contributed by atoms with Gasteiger partial charge in [0.2, 0.25) is 0 Å². The molecular formula is C25H19Cl2N3O3. The van der Waals surface area contributed by atoms with E-state index in [0.717, 1.165) is 21.7 Å². The maximum Gasteiger partial charge on any atom is 0.283 e. The molecule has 8 heteroatoms. The van der Waals surface area contributed by atoms with Crippen LogP contribution in [0.25, 0.3) is 0 Å². The zero-order valence-electron chi connectivity index (χ0n) is 17.8. The second-order valence-corrected chi connectivity index (χ2v) is 8.40. The summed E-state index contributed by atoms with van der Waals surface area (Å²) in [6.07, 6.45) is 0. The molecule has 1 heterocycles. The fourth-order valence-electron chi connectivity index (χ4n) is 3.38. The smallest absolute Gasteiger partial charge is 0.283 e. The normalized spacial score (nSPS) is 13.5. The van der Waals surface area contributed by atoms with Crippen molar-refractivity contribution in [1.82, 2.24) is 0 Å². The summed E-state index contributed by atoms with van der Waals surface area (Å²) in [4.78, 5) is 39.3. The largest absolute Gasteiger partial charge is 0.350 e. The predicted octanol–water partition coefficient (Wildman–Crippen LogP) is 5.64. The molecule has 4 rings (SSSR count). The van der Waals surface area contributed by atoms with E-state index in [1.807, 2.05) is 32.0 Å². The number of anilines is 3. The first-order chi connectivity index (χ1) is 15.7. The Morgan fingerprint density at radius 2 is 1.61 bits per heavy atom. The third-order valence-corrected chi connectivity index (χ3v) is 5.75. The second-order valence-electron chi connectivity index (χ2n) is 7.59. The van der Waals surface area contributed by atoms with Crippen molar-refractivity contribution in [3.05, 3.63) is 99.2 Å². The van der Waals surface area contributed by atoms with Crippen LogP contribution in [0.1, 0.15) is 21.5 Å². The lowest BCUT2D eigenvalue weighted by Crippen LogP contribution is -2.32. The SMILES string of the molecule is Cc1ccc(C)c(NC(=O)c2cccc(NC3=C(Cl)C(=O)N(c4ccc(Cl)cc4)C3=O)c2)c1. The Morgan fingerprint density at radius 1 is 0.879 bits per heavy atom. The third kappa shape index (κ3) is 4.62. The first kappa shape index (κ1) is 22.6. The van der Waals surface area contributed by atoms with Gasteiger partial charge < -0.3 is 10.6 Å². The quantitative estimate of drug-likeness (QED) is 0.463. The van der Waals surface area contributed by atoms with Gasteiger partial charge in [0.1, 0.15) is 10.7 Å². The number of nitrogens with one attached hydrogen (secondary N) is 2. The summed E-state index contributed by atoms with van der Waals surface area (Å²) in [5.74, 6) is -1.54. The minimum absolute atomic E-state index is 0.0660. The van der Waals surface area contributed by atoms with Crippen LogP contribution >= 0.6 is 23.2 Å². The lowest BCUT2D eigenvalue weighted by Gasteiger charge is -2.15. The van der Waals surface area contributed by atoms with Crippen molar-refractivity contribution < 1.29 is 14.4 Å². The first-order valence-corrected chi connectivity index (χ1v) is 10.8. The van der Waals surface area contributed by atoms with Crippen molar-refractivity contribution in [2.24, 2.45) is 0 Å². The van der Waals surface area contributed by atoms with Gasteiger partial charge in [0.15, 0.2) is 0 Å². The van der Waals surface area contributed by atoms with Crippen LogP contribution in [-0.2, 0) is 9.59 Å². The molecule has 33 heavy (non-hydrogen) atoms. The van der Waals surface area contributed by atoms with Crippen LogP contribution < -0.4 is 15.5 Å². The van der Waals surface area contributed by atoms with Gasteiger partial charge in [-0.2, -0.15) is 0 Å². The summed E-state index contributed by atoms with van der Waals surface area (Å²) in [5, 5.41) is 6.03. The topological polar surface area (TPSA) is 78.5 Å². The number of benzene rings is 3. The minimum atomic E-state index is -0.643. The Bertz CT molecular complexity index is 1320. The van der Waals surface area contributed by atoms with E-state index in [1.54, 1.807) is 48.5 Å². The third-order valence-electron chi connectivity index (χ3n) is 5.15. The van der Waals surface area contributed by atoms with Gasteiger partial charge in [0.25, 0.3) is 17.7 Å². The molecule has 0 aromatic heterocycles. The van der Waals surface area contributed by atoms with Crippen LogP contribution in [0.3, 0.4) is 0 Å². The van der Waals surface area contributed by atoms with E-state index < -0.39 is 11.8 Å². The van der Waals surface area contributed by atoms with Gasteiger partial charge >= 0.3 is 0 Å². The van der Waals surface area contributed by atoms with E-state index in [2.05, 4.69) is 10.6 Å². The van der Waals surface area contributed by atoms with Crippen LogP contribution in [0, 0.1) is 13.8 Å². The van der Waals surface area contributed by atoms with Crippen molar-refractivity contribution in [2.45, 2.75) is 13.8 Å². The Kier molecular flexibility index (Phi) is 6.22. The van der Waals surface area contributed by atoms with Crippen molar-refractivity contribution in [3.8, 4) is 0 Å². The lowest BCUT2D eigenvalue weighted by molar-refractivity contribution is -0.120. The molecule has 0 bridgehead atoms. The molecule has 0 atom stereocenters. The number of hydrogen-bond donors (Lipinski definition) is 2. The molecule has 6 nitrogen and oxygen atoms in total. The number of nitrogens with zero attached hydrogens (tertiary/aromatic N) is 1. The van der Waals surface area contributed by atoms with Gasteiger partial charge in [-0.3, -0.25) is 14.4 Å². The fraction of sp³-hybridized carbons (Fsp3) is 0.0800. The summed E-state index contributed by atoms with van der Waals surface area (Å²) in [6.45, 7) is 3.86. The van der Waals surface area contributed by atoms with E-state index in [9.17, 15) is 14.4 Å². The lowest BCUT2D eigenvalue weighted by atomic mass is 10.1. The summed E-state index contributed by atoms with van der Waals surface area (Å²) < 4.78 is 0. The van der Waals surface area contributed by atoms with Gasteiger partial charge in [0, 0.05) is 22.0 Å². The summed E-state index contributed by atoms with van der Waals surface area (Å²) in [7, 11) is 0. The van der Waals surface area contributed by atoms with E-state index >= 15 is 0 Å². The van der Waals surface area contributed by atoms with Crippen molar-refractivity contribution in [2.75, 3.05) is 15.5 Å². The number of imide groups is 1. The first-order valence-electron chi connectivity index (χ1n) is 10.0. The summed E-state index contributed by atoms with van der Waals surface area (Å²) >= 11 is 12.1. The van der Waals surface area contributed by atoms with Gasteiger partial charge in [0.05, 0.1) is 5.69 Å². The zero-order valence-corrected chi connectivity index (χ0v) is 19.3. The maximum absolute atomic E-state index is 12.9. The van der Waals surface area contributed by atoms with Crippen LogP contribution in [0.4, 0.5) is 17.1 Å². The number of hydrogen-bond acceptors (Lipinski definition) is 4. The zero-order chi connectivity index (χ0) is 23.7. The van der Waals surface area contributed by atoms with E-state index in [4.69, 9.17) is 23.2 Å². The van der Waals surface area contributed by atoms with Gasteiger partial charge in [-0.05, 0) is 73.5 Å². The summed E-state index contributed by atoms with van der Waals surface area (Å²) in [5.41, 5.74) is 3.80. The average Bonchev–Trinajstić information content (AvgIpc) is 3.00. The highest BCUT2D eigenvalue weighted by atomic mass is 35.5. The molecule has 1 aliphatic rings. The van der Waals surface area contributed by atoms with Crippen LogP contribution in [0.5, 0.6) is 0 Å². The number of halogens is 2. The molecular weight excluding hydrogens is 461 g/mol. The maximum atomic E-state index is 12.9. The highest BCUT2D eigenvalue weighted by Crippen LogP contribution is 2.31. The van der Waals surface area contributed by atoms with Gasteiger partial charge in [-0.1, -0.05) is 41.4 Å². The molecule has 3 aromatic carbocycles. The molecule has 0 spiro atoms. The Balaban J connectivity index is 1.55. The highest BCUT2D eigenvalue weighted by Gasteiger charge is 2.39. The van der Waals surface area contributed by atoms with Gasteiger partial charge in [-0.15, -0.1) is 0 Å². The van der Waals surface area contributed by atoms with Crippen LogP contribution in [0.2, 0.25) is 5.02 Å². The summed E-state index contributed by atoms with van der Waals surface area (Å²) in [6, 6.07) is 18.7. The van der Waals surface area contributed by atoms with E-state index in [0.29, 0.717) is 22.0 Å². The Labute approximate surface area is 200 Å². The Hall–Kier alpha value is -3.61. The standard InChI is InChI=1S/C25H19Cl2N3O3/c1-14-6-7-15(2)20(12-14)29-23(31)16-4-3-5-18(13-16)28-22-21(27)24(32)30(25(22)33)19-10-8-17(26)9-11-19/h3-13,28H,1-2H3,(H,29,31). The molecule has 0 saturated heterocycles. The van der Waals surface area contributed by atoms with Crippen molar-refractivity contribution in [3.63, 3.8) is 0 Å². The molecule has 0 unspecified atom stereocenters. The molecule has 0 saturated carbocycles. The van der Waals surface area contributed by atoms with Crippen LogP contribution in [-0.4, -0.2) is 17.7 Å². The van der Waals surface area contributed by atoms with Gasteiger partial charge in [-0.25, -0.2) is 4.90 Å². The molecule has 0 fully saturated rings. The average molecular weight is 480 g/mol. The minimum Gasteiger partial charge on any atom is -0.350 e. The molecule has 166 valence electrons. The van der Waals surface area contributed by atoms with Crippen molar-refractivity contribution in [1.29, 1.82) is 0 Å². The molecule has 3 amide bonds. The second kappa shape index (κ2) is 9.10. The molecule has 2 N–H and O–H groups in total. The fourth-order valence-corrected chi connectivity index (χ4v) is 3.72. The number of rotatable bonds is 5. The van der Waals surface area contributed by atoms with E-state index in [-0.39, 0.29) is 16.6 Å². The predicted molar refractivity (Wildman–Crippen MR) is 131 cm³/mol. The monoisotopic (exact) mass is 479 g/mol. The molecule has 1 aliphatic heterocycles. The number of carbonyl (C=O) groups excluding carboxylic acids is 3. The molecule has 0 radical (unpaired) electrons. The highest BCUT2D eigenvalue weighted by molar-refractivity contribution is 6.53.